The zero-order valence-corrected chi connectivity index (χ0v) is 6.58. The topological polar surface area (TPSA) is 77.9 Å². The zero-order valence-electron chi connectivity index (χ0n) is 6.58. The molecule has 0 heterocycles. The number of hydrogen-bond acceptors (Lipinski definition) is 2. The number of amides is 1. The van der Waals surface area contributed by atoms with E-state index in [2.05, 4.69) is 15.3 Å². The quantitative estimate of drug-likeness (QED) is 0.276. The van der Waals surface area contributed by atoms with Crippen LogP contribution in [-0.4, -0.2) is 19.5 Å². The van der Waals surface area contributed by atoms with E-state index in [0.717, 1.165) is 12.8 Å². The van der Waals surface area contributed by atoms with Gasteiger partial charge in [0.05, 0.1) is 0 Å². The Morgan fingerprint density at radius 3 is 2.91 bits per heavy atom. The first kappa shape index (κ1) is 9.78. The van der Waals surface area contributed by atoms with Gasteiger partial charge in [-0.15, -0.1) is 0 Å². The highest BCUT2D eigenvalue weighted by molar-refractivity contribution is 5.75. The summed E-state index contributed by atoms with van der Waals surface area (Å²) in [5, 5.41) is 5.86. The Labute approximate surface area is 65.4 Å². The van der Waals surface area contributed by atoms with Crippen LogP contribution < -0.4 is 5.32 Å². The fourth-order valence-electron chi connectivity index (χ4n) is 0.638. The molecule has 0 aromatic rings. The normalized spacial score (nSPS) is 8.45. The summed E-state index contributed by atoms with van der Waals surface area (Å²) in [7, 11) is 1.61. The molecular formula is C6H12N4O. The van der Waals surface area contributed by atoms with E-state index in [4.69, 9.17) is 5.53 Å². The molecule has 0 aliphatic carbocycles. The van der Waals surface area contributed by atoms with Crippen LogP contribution in [-0.2, 0) is 4.79 Å². The Morgan fingerprint density at radius 2 is 2.36 bits per heavy atom. The smallest absolute Gasteiger partial charge is 0.219 e. The van der Waals surface area contributed by atoms with Gasteiger partial charge in [-0.1, -0.05) is 5.11 Å². The Hall–Kier alpha value is -1.22. The van der Waals surface area contributed by atoms with Crippen LogP contribution in [0.5, 0.6) is 0 Å². The number of azide groups is 1. The van der Waals surface area contributed by atoms with Crippen molar-refractivity contribution in [3.05, 3.63) is 10.4 Å². The van der Waals surface area contributed by atoms with Gasteiger partial charge in [0.15, 0.2) is 0 Å². The number of rotatable bonds is 5. The first-order valence-corrected chi connectivity index (χ1v) is 3.52. The molecular weight excluding hydrogens is 144 g/mol. The molecule has 0 saturated heterocycles. The van der Waals surface area contributed by atoms with Crippen molar-refractivity contribution in [3.63, 3.8) is 0 Å². The van der Waals surface area contributed by atoms with E-state index in [1.807, 2.05) is 0 Å². The molecule has 0 saturated carbocycles. The summed E-state index contributed by atoms with van der Waals surface area (Å²) in [6.07, 6.45) is 2.06. The van der Waals surface area contributed by atoms with Crippen LogP contribution in [0.4, 0.5) is 0 Å². The molecule has 5 heteroatoms. The lowest BCUT2D eigenvalue weighted by Crippen LogP contribution is -2.16. The van der Waals surface area contributed by atoms with Gasteiger partial charge in [0.2, 0.25) is 5.91 Å². The third-order valence-corrected chi connectivity index (χ3v) is 1.25. The molecule has 11 heavy (non-hydrogen) atoms. The predicted molar refractivity (Wildman–Crippen MR) is 41.9 cm³/mol. The van der Waals surface area contributed by atoms with Crippen molar-refractivity contribution in [2.75, 3.05) is 13.6 Å². The Morgan fingerprint density at radius 1 is 1.64 bits per heavy atom. The highest BCUT2D eigenvalue weighted by Crippen LogP contribution is 1.94. The zero-order chi connectivity index (χ0) is 8.53. The van der Waals surface area contributed by atoms with Crippen molar-refractivity contribution in [2.45, 2.75) is 19.3 Å². The second-order valence-corrected chi connectivity index (χ2v) is 2.08. The summed E-state index contributed by atoms with van der Waals surface area (Å²) in [5.74, 6) is 0.0333. The van der Waals surface area contributed by atoms with E-state index in [9.17, 15) is 4.79 Å². The van der Waals surface area contributed by atoms with E-state index in [1.165, 1.54) is 0 Å². The van der Waals surface area contributed by atoms with Crippen LogP contribution in [0.3, 0.4) is 0 Å². The average Bonchev–Trinajstić information content (AvgIpc) is 2.04. The van der Waals surface area contributed by atoms with Crippen molar-refractivity contribution < 1.29 is 4.79 Å². The van der Waals surface area contributed by atoms with Crippen molar-refractivity contribution in [1.82, 2.24) is 5.32 Å². The van der Waals surface area contributed by atoms with Gasteiger partial charge in [-0.05, 0) is 18.4 Å². The Balaban J connectivity index is 3.14. The van der Waals surface area contributed by atoms with Crippen LogP contribution >= 0.6 is 0 Å². The molecule has 0 atom stereocenters. The maximum Gasteiger partial charge on any atom is 0.219 e. The number of carbonyl (C=O) groups excluding carboxylic acids is 1. The van der Waals surface area contributed by atoms with Gasteiger partial charge in [-0.25, -0.2) is 0 Å². The van der Waals surface area contributed by atoms with Gasteiger partial charge < -0.3 is 5.32 Å². The van der Waals surface area contributed by atoms with Crippen molar-refractivity contribution >= 4 is 5.91 Å². The van der Waals surface area contributed by atoms with E-state index < -0.39 is 0 Å². The van der Waals surface area contributed by atoms with Crippen molar-refractivity contribution in [3.8, 4) is 0 Å². The molecule has 5 nitrogen and oxygen atoms in total. The first-order valence-electron chi connectivity index (χ1n) is 3.52. The summed E-state index contributed by atoms with van der Waals surface area (Å²) < 4.78 is 0. The van der Waals surface area contributed by atoms with Gasteiger partial charge in [0, 0.05) is 24.9 Å². The standard InChI is InChI=1S/C6H12N4O/c1-8-6(11)4-2-3-5-9-10-7/h2-5H2,1H3,(H,8,11). The molecule has 0 radical (unpaired) electrons. The fraction of sp³-hybridized carbons (Fsp3) is 0.833. The Bertz CT molecular complexity index is 162. The molecule has 1 N–H and O–H groups in total. The lowest BCUT2D eigenvalue weighted by Gasteiger charge is -1.96. The number of unbranched alkanes of at least 4 members (excludes halogenated alkanes) is 1. The summed E-state index contributed by atoms with van der Waals surface area (Å²) in [4.78, 5) is 13.2. The minimum Gasteiger partial charge on any atom is -0.359 e. The SMILES string of the molecule is CNC(=O)CCCCN=[N+]=[N-]. The third kappa shape index (κ3) is 6.67. The minimum atomic E-state index is 0.0333. The van der Waals surface area contributed by atoms with Gasteiger partial charge in [0.25, 0.3) is 0 Å². The Kier molecular flexibility index (Phi) is 6.13. The summed E-state index contributed by atoms with van der Waals surface area (Å²) >= 11 is 0. The molecule has 0 aromatic heterocycles. The molecule has 0 spiro atoms. The van der Waals surface area contributed by atoms with Crippen molar-refractivity contribution in [2.24, 2.45) is 5.11 Å². The molecule has 0 unspecified atom stereocenters. The number of nitrogens with zero attached hydrogens (tertiary/aromatic N) is 3. The molecule has 0 fully saturated rings. The maximum absolute atomic E-state index is 10.6. The fourth-order valence-corrected chi connectivity index (χ4v) is 0.638. The molecule has 0 aliphatic heterocycles. The van der Waals surface area contributed by atoms with Crippen LogP contribution in [0.2, 0.25) is 0 Å². The maximum atomic E-state index is 10.6. The van der Waals surface area contributed by atoms with Gasteiger partial charge in [-0.3, -0.25) is 4.79 Å². The molecule has 0 aliphatic rings. The molecule has 0 aromatic carbocycles. The van der Waals surface area contributed by atoms with Gasteiger partial charge >= 0.3 is 0 Å². The summed E-state index contributed by atoms with van der Waals surface area (Å²) in [6.45, 7) is 0.480. The summed E-state index contributed by atoms with van der Waals surface area (Å²) in [6, 6.07) is 0. The van der Waals surface area contributed by atoms with Gasteiger partial charge in [0.1, 0.15) is 0 Å². The summed E-state index contributed by atoms with van der Waals surface area (Å²) in [5.41, 5.74) is 7.90. The van der Waals surface area contributed by atoms with Crippen LogP contribution in [0.15, 0.2) is 5.11 Å². The second-order valence-electron chi connectivity index (χ2n) is 2.08. The third-order valence-electron chi connectivity index (χ3n) is 1.25. The largest absolute Gasteiger partial charge is 0.359 e. The lowest BCUT2D eigenvalue weighted by molar-refractivity contribution is -0.120. The van der Waals surface area contributed by atoms with E-state index in [1.54, 1.807) is 7.05 Å². The molecule has 62 valence electrons. The van der Waals surface area contributed by atoms with E-state index in [0.29, 0.717) is 13.0 Å². The van der Waals surface area contributed by atoms with E-state index >= 15 is 0 Å². The highest BCUT2D eigenvalue weighted by Gasteiger charge is 1.95. The monoisotopic (exact) mass is 156 g/mol. The van der Waals surface area contributed by atoms with Crippen LogP contribution in [0.25, 0.3) is 10.4 Å². The number of hydrogen-bond donors (Lipinski definition) is 1. The lowest BCUT2D eigenvalue weighted by atomic mass is 10.2. The second kappa shape index (κ2) is 6.89. The molecule has 0 rings (SSSR count). The minimum absolute atomic E-state index is 0.0333. The molecule has 0 bridgehead atoms. The first-order chi connectivity index (χ1) is 5.31. The highest BCUT2D eigenvalue weighted by atomic mass is 16.1. The average molecular weight is 156 g/mol. The van der Waals surface area contributed by atoms with Crippen molar-refractivity contribution in [1.29, 1.82) is 0 Å². The molecule has 1 amide bonds. The number of nitrogens with one attached hydrogen (secondary N) is 1. The van der Waals surface area contributed by atoms with E-state index in [-0.39, 0.29) is 5.91 Å². The number of carbonyl (C=O) groups is 1. The van der Waals surface area contributed by atoms with Gasteiger partial charge in [-0.2, -0.15) is 0 Å². The predicted octanol–water partition coefficient (Wildman–Crippen LogP) is 1.21. The van der Waals surface area contributed by atoms with Crippen LogP contribution in [0, 0.1) is 0 Å². The van der Waals surface area contributed by atoms with Crippen LogP contribution in [0.1, 0.15) is 19.3 Å².